The number of carbonyl (C=O) groups excluding carboxylic acids is 1. The first-order valence-corrected chi connectivity index (χ1v) is 8.20. The van der Waals surface area contributed by atoms with Crippen LogP contribution in [0.3, 0.4) is 0 Å². The van der Waals surface area contributed by atoms with E-state index in [0.29, 0.717) is 18.9 Å². The van der Waals surface area contributed by atoms with Crippen molar-refractivity contribution in [2.24, 2.45) is 0 Å². The number of nitrogens with one attached hydrogen (secondary N) is 1. The summed E-state index contributed by atoms with van der Waals surface area (Å²) in [6, 6.07) is 16.2. The smallest absolute Gasteiger partial charge is 0.220 e. The van der Waals surface area contributed by atoms with Crippen LogP contribution in [0.5, 0.6) is 0 Å². The Kier molecular flexibility index (Phi) is 4.79. The van der Waals surface area contributed by atoms with Crippen LogP contribution in [0.4, 0.5) is 0 Å². The van der Waals surface area contributed by atoms with Crippen LogP contribution < -0.4 is 5.32 Å². The Morgan fingerprint density at radius 3 is 2.77 bits per heavy atom. The van der Waals surface area contributed by atoms with E-state index >= 15 is 0 Å². The van der Waals surface area contributed by atoms with Crippen LogP contribution in [-0.2, 0) is 17.6 Å². The minimum absolute atomic E-state index is 0.133. The Balaban J connectivity index is 1.49. The van der Waals surface area contributed by atoms with E-state index < -0.39 is 0 Å². The SMILES string of the molecule is O=C(CC1CCc2ccccc21)NCCc1ccccc1Cl. The number of amides is 1. The summed E-state index contributed by atoms with van der Waals surface area (Å²) in [7, 11) is 0. The van der Waals surface area contributed by atoms with Gasteiger partial charge in [-0.2, -0.15) is 0 Å². The lowest BCUT2D eigenvalue weighted by Crippen LogP contribution is -2.26. The van der Waals surface area contributed by atoms with Gasteiger partial charge in [0.15, 0.2) is 0 Å². The summed E-state index contributed by atoms with van der Waals surface area (Å²) in [4.78, 5) is 12.1. The minimum Gasteiger partial charge on any atom is -0.356 e. The topological polar surface area (TPSA) is 29.1 Å². The first-order valence-electron chi connectivity index (χ1n) is 7.82. The quantitative estimate of drug-likeness (QED) is 0.884. The highest BCUT2D eigenvalue weighted by molar-refractivity contribution is 6.31. The molecule has 0 saturated heterocycles. The maximum atomic E-state index is 12.1. The fourth-order valence-corrected chi connectivity index (χ4v) is 3.42. The van der Waals surface area contributed by atoms with Crippen molar-refractivity contribution in [3.05, 3.63) is 70.2 Å². The first kappa shape index (κ1) is 15.1. The molecular weight excluding hydrogens is 294 g/mol. The lowest BCUT2D eigenvalue weighted by molar-refractivity contribution is -0.121. The van der Waals surface area contributed by atoms with Gasteiger partial charge in [0.25, 0.3) is 0 Å². The summed E-state index contributed by atoms with van der Waals surface area (Å²) < 4.78 is 0. The van der Waals surface area contributed by atoms with E-state index in [9.17, 15) is 4.79 Å². The molecule has 0 fully saturated rings. The van der Waals surface area contributed by atoms with Gasteiger partial charge in [0.2, 0.25) is 5.91 Å². The van der Waals surface area contributed by atoms with Crippen LogP contribution in [0.25, 0.3) is 0 Å². The molecule has 1 aliphatic carbocycles. The van der Waals surface area contributed by atoms with Crippen molar-refractivity contribution < 1.29 is 4.79 Å². The average Bonchev–Trinajstić information content (AvgIpc) is 2.92. The molecule has 0 saturated carbocycles. The van der Waals surface area contributed by atoms with Crippen molar-refractivity contribution in [1.82, 2.24) is 5.32 Å². The van der Waals surface area contributed by atoms with Crippen LogP contribution in [-0.4, -0.2) is 12.5 Å². The molecule has 0 bridgehead atoms. The molecular formula is C19H20ClNO. The molecule has 2 aromatic rings. The van der Waals surface area contributed by atoms with E-state index in [2.05, 4.69) is 29.6 Å². The highest BCUT2D eigenvalue weighted by Gasteiger charge is 2.23. The van der Waals surface area contributed by atoms with Crippen molar-refractivity contribution in [3.8, 4) is 0 Å². The lowest BCUT2D eigenvalue weighted by atomic mass is 9.97. The van der Waals surface area contributed by atoms with Crippen molar-refractivity contribution in [2.75, 3.05) is 6.54 Å². The largest absolute Gasteiger partial charge is 0.356 e. The normalized spacial score (nSPS) is 16.3. The lowest BCUT2D eigenvalue weighted by Gasteiger charge is -2.12. The van der Waals surface area contributed by atoms with E-state index in [1.807, 2.05) is 24.3 Å². The number of benzene rings is 2. The van der Waals surface area contributed by atoms with Gasteiger partial charge < -0.3 is 5.32 Å². The third-order valence-corrected chi connectivity index (χ3v) is 4.73. The highest BCUT2D eigenvalue weighted by atomic mass is 35.5. The van der Waals surface area contributed by atoms with Crippen molar-refractivity contribution in [1.29, 1.82) is 0 Å². The first-order chi connectivity index (χ1) is 10.7. The van der Waals surface area contributed by atoms with Gasteiger partial charge in [-0.3, -0.25) is 4.79 Å². The molecule has 2 aromatic carbocycles. The monoisotopic (exact) mass is 313 g/mol. The molecule has 0 spiro atoms. The van der Waals surface area contributed by atoms with Gasteiger partial charge in [0.1, 0.15) is 0 Å². The van der Waals surface area contributed by atoms with E-state index in [1.165, 1.54) is 11.1 Å². The summed E-state index contributed by atoms with van der Waals surface area (Å²) in [5, 5.41) is 3.78. The zero-order valence-corrected chi connectivity index (χ0v) is 13.3. The Bertz CT molecular complexity index is 668. The van der Waals surface area contributed by atoms with Crippen LogP contribution in [0.15, 0.2) is 48.5 Å². The molecule has 1 aliphatic rings. The zero-order chi connectivity index (χ0) is 15.4. The van der Waals surface area contributed by atoms with Gasteiger partial charge in [0, 0.05) is 18.0 Å². The molecule has 1 unspecified atom stereocenters. The number of aryl methyl sites for hydroxylation is 1. The summed E-state index contributed by atoms with van der Waals surface area (Å²) >= 11 is 6.12. The number of rotatable bonds is 5. The van der Waals surface area contributed by atoms with Crippen LogP contribution in [0.1, 0.15) is 35.4 Å². The fourth-order valence-electron chi connectivity index (χ4n) is 3.19. The van der Waals surface area contributed by atoms with Crippen LogP contribution >= 0.6 is 11.6 Å². The maximum absolute atomic E-state index is 12.1. The van der Waals surface area contributed by atoms with Gasteiger partial charge in [-0.1, -0.05) is 54.1 Å². The van der Waals surface area contributed by atoms with E-state index in [4.69, 9.17) is 11.6 Å². The Morgan fingerprint density at radius 2 is 1.91 bits per heavy atom. The molecule has 114 valence electrons. The van der Waals surface area contributed by atoms with Gasteiger partial charge in [0.05, 0.1) is 0 Å². The van der Waals surface area contributed by atoms with Crippen molar-refractivity contribution in [2.45, 2.75) is 31.6 Å². The zero-order valence-electron chi connectivity index (χ0n) is 12.5. The molecule has 1 N–H and O–H groups in total. The standard InChI is InChI=1S/C19H20ClNO/c20-18-8-4-2-6-15(18)11-12-21-19(22)13-16-10-9-14-5-1-3-7-17(14)16/h1-8,16H,9-13H2,(H,21,22). The second-order valence-electron chi connectivity index (χ2n) is 5.83. The van der Waals surface area contributed by atoms with E-state index in [0.717, 1.165) is 29.8 Å². The minimum atomic E-state index is 0.133. The number of hydrogen-bond acceptors (Lipinski definition) is 1. The number of halogens is 1. The average molecular weight is 314 g/mol. The predicted molar refractivity (Wildman–Crippen MR) is 90.3 cm³/mol. The third kappa shape index (κ3) is 3.50. The molecule has 0 aliphatic heterocycles. The molecule has 0 aromatic heterocycles. The van der Waals surface area contributed by atoms with Gasteiger partial charge in [-0.15, -0.1) is 0 Å². The molecule has 1 atom stereocenters. The molecule has 0 radical (unpaired) electrons. The Morgan fingerprint density at radius 1 is 1.14 bits per heavy atom. The predicted octanol–water partition coefficient (Wildman–Crippen LogP) is 4.12. The van der Waals surface area contributed by atoms with Crippen molar-refractivity contribution in [3.63, 3.8) is 0 Å². The van der Waals surface area contributed by atoms with Gasteiger partial charge in [-0.25, -0.2) is 0 Å². The second-order valence-corrected chi connectivity index (χ2v) is 6.24. The molecule has 22 heavy (non-hydrogen) atoms. The van der Waals surface area contributed by atoms with Crippen LogP contribution in [0, 0.1) is 0 Å². The van der Waals surface area contributed by atoms with Gasteiger partial charge in [-0.05, 0) is 47.9 Å². The number of carbonyl (C=O) groups is 1. The second kappa shape index (κ2) is 6.97. The number of fused-ring (bicyclic) bond motifs is 1. The van der Waals surface area contributed by atoms with Crippen LogP contribution in [0.2, 0.25) is 5.02 Å². The van der Waals surface area contributed by atoms with E-state index in [-0.39, 0.29) is 5.91 Å². The molecule has 3 heteroatoms. The fraction of sp³-hybridized carbons (Fsp3) is 0.316. The summed E-state index contributed by atoms with van der Waals surface area (Å²) in [6.07, 6.45) is 3.53. The molecule has 3 rings (SSSR count). The van der Waals surface area contributed by atoms with E-state index in [1.54, 1.807) is 0 Å². The summed E-state index contributed by atoms with van der Waals surface area (Å²) in [6.45, 7) is 0.636. The molecule has 2 nitrogen and oxygen atoms in total. The molecule has 1 amide bonds. The molecule has 0 heterocycles. The summed E-state index contributed by atoms with van der Waals surface area (Å²) in [5.41, 5.74) is 3.83. The Labute approximate surface area is 136 Å². The highest BCUT2D eigenvalue weighted by Crippen LogP contribution is 2.34. The van der Waals surface area contributed by atoms with Crippen molar-refractivity contribution >= 4 is 17.5 Å². The van der Waals surface area contributed by atoms with Gasteiger partial charge >= 0.3 is 0 Å². The number of hydrogen-bond donors (Lipinski definition) is 1. The summed E-state index contributed by atoms with van der Waals surface area (Å²) in [5.74, 6) is 0.505. The Hall–Kier alpha value is -1.80. The maximum Gasteiger partial charge on any atom is 0.220 e. The third-order valence-electron chi connectivity index (χ3n) is 4.36.